The SMILES string of the molecule is CCOC(=O)N1CCC(N(C)C(=O)c2ccccc2C)CC1. The molecule has 1 heterocycles. The number of benzene rings is 1. The number of hydrogen-bond acceptors (Lipinski definition) is 3. The van der Waals surface area contributed by atoms with Crippen molar-refractivity contribution in [2.75, 3.05) is 26.7 Å². The molecule has 22 heavy (non-hydrogen) atoms. The highest BCUT2D eigenvalue weighted by Gasteiger charge is 2.28. The van der Waals surface area contributed by atoms with Gasteiger partial charge < -0.3 is 14.5 Å². The van der Waals surface area contributed by atoms with Gasteiger partial charge in [-0.25, -0.2) is 4.79 Å². The summed E-state index contributed by atoms with van der Waals surface area (Å²) in [7, 11) is 1.85. The van der Waals surface area contributed by atoms with Gasteiger partial charge in [-0.2, -0.15) is 0 Å². The van der Waals surface area contributed by atoms with Crippen molar-refractivity contribution in [3.8, 4) is 0 Å². The van der Waals surface area contributed by atoms with E-state index in [1.165, 1.54) is 0 Å². The molecule has 1 aromatic rings. The number of likely N-dealkylation sites (tertiary alicyclic amines) is 1. The minimum absolute atomic E-state index is 0.0488. The highest BCUT2D eigenvalue weighted by Crippen LogP contribution is 2.19. The Kier molecular flexibility index (Phi) is 5.41. The number of rotatable bonds is 3. The van der Waals surface area contributed by atoms with Crippen molar-refractivity contribution in [2.45, 2.75) is 32.7 Å². The Morgan fingerprint density at radius 3 is 2.50 bits per heavy atom. The maximum atomic E-state index is 12.6. The summed E-state index contributed by atoms with van der Waals surface area (Å²) >= 11 is 0. The zero-order valence-corrected chi connectivity index (χ0v) is 13.5. The zero-order chi connectivity index (χ0) is 16.1. The molecule has 1 saturated heterocycles. The molecule has 1 fully saturated rings. The normalized spacial score (nSPS) is 15.5. The predicted molar refractivity (Wildman–Crippen MR) is 84.9 cm³/mol. The Morgan fingerprint density at radius 2 is 1.91 bits per heavy atom. The molecule has 0 aromatic heterocycles. The van der Waals surface area contributed by atoms with E-state index in [9.17, 15) is 9.59 Å². The van der Waals surface area contributed by atoms with E-state index < -0.39 is 0 Å². The van der Waals surface area contributed by atoms with Gasteiger partial charge in [-0.05, 0) is 38.3 Å². The summed E-state index contributed by atoms with van der Waals surface area (Å²) in [5.41, 5.74) is 1.74. The van der Waals surface area contributed by atoms with Gasteiger partial charge in [0, 0.05) is 31.7 Å². The molecule has 1 aliphatic rings. The molecule has 0 aliphatic carbocycles. The van der Waals surface area contributed by atoms with Crippen LogP contribution in [0.3, 0.4) is 0 Å². The Hall–Kier alpha value is -2.04. The summed E-state index contributed by atoms with van der Waals surface area (Å²) in [5, 5.41) is 0. The van der Waals surface area contributed by atoms with Crippen LogP contribution in [0.5, 0.6) is 0 Å². The Balaban J connectivity index is 1.95. The molecule has 0 bridgehead atoms. The predicted octanol–water partition coefficient (Wildman–Crippen LogP) is 2.69. The fraction of sp³-hybridized carbons (Fsp3) is 0.529. The lowest BCUT2D eigenvalue weighted by molar-refractivity contribution is 0.0602. The molecule has 0 radical (unpaired) electrons. The summed E-state index contributed by atoms with van der Waals surface area (Å²) in [6, 6.07) is 7.80. The molecular weight excluding hydrogens is 280 g/mol. The summed E-state index contributed by atoms with van der Waals surface area (Å²) < 4.78 is 5.02. The van der Waals surface area contributed by atoms with Crippen LogP contribution in [0, 0.1) is 6.92 Å². The average molecular weight is 304 g/mol. The lowest BCUT2D eigenvalue weighted by Crippen LogP contribution is -2.47. The van der Waals surface area contributed by atoms with E-state index in [1.807, 2.05) is 43.1 Å². The maximum absolute atomic E-state index is 12.6. The molecule has 0 spiro atoms. The van der Waals surface area contributed by atoms with Crippen LogP contribution in [-0.4, -0.2) is 54.6 Å². The summed E-state index contributed by atoms with van der Waals surface area (Å²) in [4.78, 5) is 27.8. The number of hydrogen-bond donors (Lipinski definition) is 0. The van der Waals surface area contributed by atoms with E-state index >= 15 is 0 Å². The van der Waals surface area contributed by atoms with E-state index in [2.05, 4.69) is 0 Å². The number of amides is 2. The van der Waals surface area contributed by atoms with Crippen LogP contribution >= 0.6 is 0 Å². The molecule has 2 amide bonds. The molecule has 0 unspecified atom stereocenters. The largest absolute Gasteiger partial charge is 0.450 e. The first-order chi connectivity index (χ1) is 10.5. The van der Waals surface area contributed by atoms with Gasteiger partial charge in [0.25, 0.3) is 5.91 Å². The molecule has 5 nitrogen and oxygen atoms in total. The third-order valence-corrected chi connectivity index (χ3v) is 4.23. The molecule has 120 valence electrons. The van der Waals surface area contributed by atoms with Gasteiger partial charge in [0.15, 0.2) is 0 Å². The van der Waals surface area contributed by atoms with Crippen LogP contribution in [0.15, 0.2) is 24.3 Å². The summed E-state index contributed by atoms with van der Waals surface area (Å²) in [5.74, 6) is 0.0488. The number of piperidine rings is 1. The smallest absolute Gasteiger partial charge is 0.409 e. The number of carbonyl (C=O) groups excluding carboxylic acids is 2. The summed E-state index contributed by atoms with van der Waals surface area (Å²) in [6.45, 7) is 5.41. The fourth-order valence-corrected chi connectivity index (χ4v) is 2.82. The second-order valence-corrected chi connectivity index (χ2v) is 5.65. The lowest BCUT2D eigenvalue weighted by Gasteiger charge is -2.36. The molecule has 2 rings (SSSR count). The minimum Gasteiger partial charge on any atom is -0.450 e. The maximum Gasteiger partial charge on any atom is 0.409 e. The standard InChI is InChI=1S/C17H24N2O3/c1-4-22-17(21)19-11-9-14(10-12-19)18(3)16(20)15-8-6-5-7-13(15)2/h5-8,14H,4,9-12H2,1-3H3. The molecule has 1 aliphatic heterocycles. The Morgan fingerprint density at radius 1 is 1.27 bits per heavy atom. The van der Waals surface area contributed by atoms with E-state index in [0.717, 1.165) is 24.0 Å². The molecular formula is C17H24N2O3. The van der Waals surface area contributed by atoms with Crippen LogP contribution in [0.2, 0.25) is 0 Å². The van der Waals surface area contributed by atoms with Crippen molar-refractivity contribution in [1.82, 2.24) is 9.80 Å². The van der Waals surface area contributed by atoms with Crippen LogP contribution in [0.4, 0.5) is 4.79 Å². The quantitative estimate of drug-likeness (QED) is 0.862. The van der Waals surface area contributed by atoms with Crippen molar-refractivity contribution < 1.29 is 14.3 Å². The number of nitrogens with zero attached hydrogens (tertiary/aromatic N) is 2. The van der Waals surface area contributed by atoms with Gasteiger partial charge in [0.1, 0.15) is 0 Å². The van der Waals surface area contributed by atoms with Gasteiger partial charge in [-0.1, -0.05) is 18.2 Å². The molecule has 0 atom stereocenters. The van der Waals surface area contributed by atoms with Crippen molar-refractivity contribution >= 4 is 12.0 Å². The first-order valence-electron chi connectivity index (χ1n) is 7.79. The number of aryl methyl sites for hydroxylation is 1. The van der Waals surface area contributed by atoms with Crippen LogP contribution in [0.1, 0.15) is 35.7 Å². The van der Waals surface area contributed by atoms with Crippen molar-refractivity contribution in [3.63, 3.8) is 0 Å². The minimum atomic E-state index is -0.256. The van der Waals surface area contributed by atoms with E-state index in [4.69, 9.17) is 4.74 Å². The van der Waals surface area contributed by atoms with Gasteiger partial charge in [0.2, 0.25) is 0 Å². The molecule has 5 heteroatoms. The molecule has 0 saturated carbocycles. The molecule has 1 aromatic carbocycles. The topological polar surface area (TPSA) is 49.9 Å². The van der Waals surface area contributed by atoms with Crippen LogP contribution in [0.25, 0.3) is 0 Å². The van der Waals surface area contributed by atoms with E-state index in [0.29, 0.717) is 19.7 Å². The van der Waals surface area contributed by atoms with Gasteiger partial charge in [0.05, 0.1) is 6.61 Å². The number of carbonyl (C=O) groups is 2. The van der Waals surface area contributed by atoms with E-state index in [-0.39, 0.29) is 18.0 Å². The first kappa shape index (κ1) is 16.3. The van der Waals surface area contributed by atoms with Gasteiger partial charge >= 0.3 is 6.09 Å². The second kappa shape index (κ2) is 7.29. The van der Waals surface area contributed by atoms with Crippen molar-refractivity contribution in [2.24, 2.45) is 0 Å². The highest BCUT2D eigenvalue weighted by molar-refractivity contribution is 5.95. The summed E-state index contributed by atoms with van der Waals surface area (Å²) in [6.07, 6.45) is 1.31. The van der Waals surface area contributed by atoms with Crippen molar-refractivity contribution in [1.29, 1.82) is 0 Å². The second-order valence-electron chi connectivity index (χ2n) is 5.65. The average Bonchev–Trinajstić information content (AvgIpc) is 2.54. The van der Waals surface area contributed by atoms with Gasteiger partial charge in [-0.3, -0.25) is 4.79 Å². The highest BCUT2D eigenvalue weighted by atomic mass is 16.6. The van der Waals surface area contributed by atoms with Gasteiger partial charge in [-0.15, -0.1) is 0 Å². The zero-order valence-electron chi connectivity index (χ0n) is 13.5. The van der Waals surface area contributed by atoms with Crippen molar-refractivity contribution in [3.05, 3.63) is 35.4 Å². The Labute approximate surface area is 131 Å². The van der Waals surface area contributed by atoms with Crippen LogP contribution in [-0.2, 0) is 4.74 Å². The number of ether oxygens (including phenoxy) is 1. The first-order valence-corrected chi connectivity index (χ1v) is 7.79. The fourth-order valence-electron chi connectivity index (χ4n) is 2.82. The third kappa shape index (κ3) is 3.59. The Bertz CT molecular complexity index is 536. The van der Waals surface area contributed by atoms with Crippen LogP contribution < -0.4 is 0 Å². The monoisotopic (exact) mass is 304 g/mol. The molecule has 0 N–H and O–H groups in total. The third-order valence-electron chi connectivity index (χ3n) is 4.23. The lowest BCUT2D eigenvalue weighted by atomic mass is 10.0. The van der Waals surface area contributed by atoms with E-state index in [1.54, 1.807) is 11.8 Å².